The maximum atomic E-state index is 13.8. The number of hydrogen-bond donors (Lipinski definition) is 8. The quantitative estimate of drug-likeness (QED) is 0.0231. The fraction of sp³-hybridized carbons (Fsp3) is 0.511. The highest BCUT2D eigenvalue weighted by molar-refractivity contribution is 6.62. The summed E-state index contributed by atoms with van der Waals surface area (Å²) in [5.74, 6) is 1.33. The third kappa shape index (κ3) is 19.7. The number of hydrogen-bond acceptors (Lipinski definition) is 20. The number of H-pyrrole nitrogens is 4. The van der Waals surface area contributed by atoms with Crippen molar-refractivity contribution in [2.75, 3.05) is 41.5 Å². The van der Waals surface area contributed by atoms with Crippen LogP contribution in [0.2, 0.25) is 0 Å². The number of ether oxygens (including phenoxy) is 4. The molecule has 2 saturated carbocycles. The Balaban J connectivity index is 0.000000171. The number of rotatable bonds is 22. The molecule has 8 aromatic rings. The molecule has 2 spiro atoms. The highest BCUT2D eigenvalue weighted by Crippen LogP contribution is 2.53. The van der Waals surface area contributed by atoms with E-state index in [1.807, 2.05) is 156 Å². The minimum atomic E-state index is -0.815. The zero-order valence-electron chi connectivity index (χ0n) is 73.6. The first-order valence-electron chi connectivity index (χ1n) is 42.9. The van der Waals surface area contributed by atoms with Crippen LogP contribution in [-0.2, 0) is 57.1 Å². The van der Waals surface area contributed by atoms with E-state index >= 15 is 0 Å². The molecule has 2 aliphatic carbocycles. The lowest BCUT2D eigenvalue weighted by Gasteiger charge is -2.37. The summed E-state index contributed by atoms with van der Waals surface area (Å²) in [5, 5.41) is 13.5. The third-order valence-corrected chi connectivity index (χ3v) is 25.2. The first-order chi connectivity index (χ1) is 59.1. The average molecular weight is 1700 g/mol. The Hall–Kier alpha value is -11.4. The van der Waals surface area contributed by atoms with Gasteiger partial charge in [0.1, 0.15) is 67.4 Å². The van der Waals surface area contributed by atoms with Gasteiger partial charge in [0.2, 0.25) is 11.8 Å². The van der Waals surface area contributed by atoms with E-state index in [1.54, 1.807) is 34.6 Å². The molecule has 0 unspecified atom stereocenters. The van der Waals surface area contributed by atoms with Crippen molar-refractivity contribution in [3.8, 4) is 56.2 Å². The number of benzene rings is 4. The summed E-state index contributed by atoms with van der Waals surface area (Å²) >= 11 is 0. The maximum absolute atomic E-state index is 13.8. The molecule has 124 heavy (non-hydrogen) atoms. The number of likely N-dealkylation sites (tertiary alicyclic amines) is 2. The molecule has 9 heterocycles. The Bertz CT molecular complexity index is 5060. The number of aromatic amines is 4. The summed E-state index contributed by atoms with van der Waals surface area (Å²) in [7, 11) is 10.5. The Labute approximate surface area is 725 Å². The van der Waals surface area contributed by atoms with Gasteiger partial charge in [-0.3, -0.25) is 28.9 Å². The summed E-state index contributed by atoms with van der Waals surface area (Å²) < 4.78 is 31.3. The van der Waals surface area contributed by atoms with Gasteiger partial charge in [-0.25, -0.2) is 49.2 Å². The topological polar surface area (TPSA) is 386 Å². The first-order valence-corrected chi connectivity index (χ1v) is 42.9. The number of nitrogens with one attached hydrogen (secondary N) is 8. The zero-order valence-corrected chi connectivity index (χ0v) is 73.6. The summed E-state index contributed by atoms with van der Waals surface area (Å²) in [4.78, 5) is 150. The Morgan fingerprint density at radius 1 is 0.403 bits per heavy atom. The molecule has 15 rings (SSSR count). The maximum Gasteiger partial charge on any atom is 0.494 e. The summed E-state index contributed by atoms with van der Waals surface area (Å²) in [5.41, 5.74) is 9.39. The largest absolute Gasteiger partial charge is 0.494 e. The lowest BCUT2D eigenvalue weighted by molar-refractivity contribution is -0.230. The first kappa shape index (κ1) is 90.4. The molecule has 4 aromatic heterocycles. The van der Waals surface area contributed by atoms with Gasteiger partial charge >= 0.3 is 31.5 Å². The number of nitrogens with zero attached hydrogens (tertiary/aromatic N) is 8. The van der Waals surface area contributed by atoms with E-state index in [0.29, 0.717) is 43.0 Å². The van der Waals surface area contributed by atoms with E-state index in [4.69, 9.17) is 46.0 Å². The van der Waals surface area contributed by atoms with Crippen molar-refractivity contribution < 1.29 is 76.3 Å². The molecule has 7 aliphatic rings. The number of carbonyl (C=O) groups excluding carboxylic acids is 8. The molecular formula is C90H116B2N16O16. The van der Waals surface area contributed by atoms with Gasteiger partial charge in [0.25, 0.3) is 11.8 Å². The van der Waals surface area contributed by atoms with Crippen LogP contribution in [0.5, 0.6) is 0 Å². The third-order valence-electron chi connectivity index (χ3n) is 25.2. The van der Waals surface area contributed by atoms with Crippen molar-refractivity contribution in [3.63, 3.8) is 0 Å². The second-order valence-electron chi connectivity index (χ2n) is 35.5. The van der Waals surface area contributed by atoms with E-state index in [1.165, 1.54) is 38.6 Å². The van der Waals surface area contributed by atoms with E-state index in [2.05, 4.69) is 85.2 Å². The van der Waals surface area contributed by atoms with Crippen molar-refractivity contribution >= 4 is 73.9 Å². The monoisotopic (exact) mass is 1700 g/mol. The van der Waals surface area contributed by atoms with Gasteiger partial charge in [-0.05, 0) is 154 Å². The minimum Gasteiger partial charge on any atom is -0.453 e. The molecule has 7 fully saturated rings. The van der Waals surface area contributed by atoms with E-state index in [-0.39, 0.29) is 65.0 Å². The van der Waals surface area contributed by atoms with E-state index in [0.717, 1.165) is 137 Å². The normalized spacial score (nSPS) is 20.5. The summed E-state index contributed by atoms with van der Waals surface area (Å²) in [6.07, 6.45) is 14.8. The molecule has 32 nitrogen and oxygen atoms in total. The lowest BCUT2D eigenvalue weighted by atomic mass is 9.76. The van der Waals surface area contributed by atoms with E-state index < -0.39 is 84.5 Å². The summed E-state index contributed by atoms with van der Waals surface area (Å²) in [6.45, 7) is 24.5. The molecule has 4 aromatic carbocycles. The van der Waals surface area contributed by atoms with Crippen LogP contribution < -0.4 is 32.2 Å². The predicted molar refractivity (Wildman–Crippen MR) is 464 cm³/mol. The molecular weight excluding hydrogens is 1580 g/mol. The number of imidazole rings is 4. The summed E-state index contributed by atoms with van der Waals surface area (Å²) in [6, 6.07) is 27.9. The Morgan fingerprint density at radius 3 is 0.960 bits per heavy atom. The molecule has 658 valence electrons. The molecule has 34 heteroatoms. The fourth-order valence-corrected chi connectivity index (χ4v) is 16.9. The highest BCUT2D eigenvalue weighted by atomic mass is 16.7. The smallest absolute Gasteiger partial charge is 0.453 e. The number of hydroxylamine groups is 4. The van der Waals surface area contributed by atoms with Crippen molar-refractivity contribution in [1.82, 2.24) is 81.1 Å². The molecule has 0 bridgehead atoms. The SMILES string of the molecule is COC(=O)N[C@H](C(=O)N1CCC[C@H]1c1ncc(-c2ccc(-c3ccc(-c4cnc([C@@H]5CC6(CCC6)ON5C(=O)[C@@H](NC(=O)OC)C(C)C)[nH]4)cc3)cc2)[nH]1)C(C)C.COC(=O)N[C@H](C(=O)N1OC2(CCC2)C[C@H]1c1ncc(-c2ccc(B3OC(C)(C)C(C)(C)O3)cc2)[nH]1)C(C)C.[B]c1ccc(-c2cnc([C@@H]3CCCN3C(=O)[C@@H](NC(=O)OC)C(C)C)[nH]2)cc1. The number of amides is 8. The second-order valence-corrected chi connectivity index (χ2v) is 35.5. The molecule has 8 N–H and O–H groups in total. The average Bonchev–Trinajstić information content (AvgIpc) is 1.60. The van der Waals surface area contributed by atoms with Crippen LogP contribution in [0.15, 0.2) is 122 Å². The minimum absolute atomic E-state index is 0.0604. The Kier molecular flexibility index (Phi) is 27.7. The highest BCUT2D eigenvalue weighted by Gasteiger charge is 2.57. The van der Waals surface area contributed by atoms with Gasteiger partial charge in [-0.15, -0.1) is 0 Å². The number of alkyl carbamates (subject to hydrolysis) is 4. The van der Waals surface area contributed by atoms with Crippen LogP contribution in [0.25, 0.3) is 56.2 Å². The second kappa shape index (κ2) is 38.0. The molecule has 8 atom stereocenters. The zero-order chi connectivity index (χ0) is 88.9. The lowest BCUT2D eigenvalue weighted by Crippen LogP contribution is -2.51. The van der Waals surface area contributed by atoms with Gasteiger partial charge in [0, 0.05) is 25.9 Å². The number of aromatic nitrogens is 8. The van der Waals surface area contributed by atoms with Crippen LogP contribution in [0, 0.1) is 23.7 Å². The molecule has 5 aliphatic heterocycles. The van der Waals surface area contributed by atoms with Gasteiger partial charge in [-0.1, -0.05) is 158 Å². The fourth-order valence-electron chi connectivity index (χ4n) is 16.9. The van der Waals surface area contributed by atoms with Gasteiger partial charge in [0.15, 0.2) is 0 Å². The van der Waals surface area contributed by atoms with Crippen molar-refractivity contribution in [2.45, 2.75) is 231 Å². The van der Waals surface area contributed by atoms with Crippen LogP contribution in [0.3, 0.4) is 0 Å². The van der Waals surface area contributed by atoms with E-state index in [9.17, 15) is 38.4 Å². The molecule has 5 saturated heterocycles. The van der Waals surface area contributed by atoms with Crippen molar-refractivity contribution in [1.29, 1.82) is 0 Å². The van der Waals surface area contributed by atoms with Gasteiger partial charge in [0.05, 0.1) is 110 Å². The van der Waals surface area contributed by atoms with Crippen LogP contribution in [0.4, 0.5) is 19.2 Å². The Morgan fingerprint density at radius 2 is 0.677 bits per heavy atom. The van der Waals surface area contributed by atoms with Crippen LogP contribution >= 0.6 is 0 Å². The van der Waals surface area contributed by atoms with Gasteiger partial charge in [-0.2, -0.15) is 0 Å². The number of carbonyl (C=O) groups is 8. The van der Waals surface area contributed by atoms with Crippen LogP contribution in [0.1, 0.15) is 208 Å². The molecule has 2 radical (unpaired) electrons. The van der Waals surface area contributed by atoms with Gasteiger partial charge < -0.3 is 79.3 Å². The van der Waals surface area contributed by atoms with Crippen LogP contribution in [-0.4, -0.2) is 211 Å². The number of methoxy groups -OCH3 is 4. The predicted octanol–water partition coefficient (Wildman–Crippen LogP) is 12.5. The van der Waals surface area contributed by atoms with Crippen molar-refractivity contribution in [3.05, 3.63) is 145 Å². The molecule has 8 amide bonds. The standard InChI is InChI=1S/C42H52N8O7.C28H39BN4O6.C20H25BN4O3/c1-24(2)34(47-40(53)55-5)38(51)49-20-7-9-32(49)36-43-22-30(45-36)28-14-10-26(11-15-28)27-12-16-29(17-13-27)31-23-44-37(46-31)33-21-42(18-8-19-42)57-50(33)39(52)35(25(3)4)48-41(54)56-6;1-17(2)22(32-25(35)36-7)24(34)33-21(15-28(39-33)13-8-14-28)23-30-16-20(31-23)18-9-11-19(12-10-18)29-37-26(3,4)27(5,6)38-29;1-12(2)17(24-20(27)28-3)19(26)25-10-4-5-16(25)18-22-11-15(23-18)13-6-8-14(21)9-7-13/h10-17,22-25,32-35H,7-9,18-21H2,1-6H3,(H,43,45)(H,44,46)(H,47,53)(H,48,54);9-12,16-17,21-22H,8,13-15H2,1-7H3,(H,30,31)(H,32,35);6-9,11-12,16-17H,4-5,10H2,1-3H3,(H,22,23)(H,24,27)/t32-,33-,34-,35-;21-,22-;16-,17-/m000/s1. The van der Waals surface area contributed by atoms with Crippen molar-refractivity contribution in [2.24, 2.45) is 23.7 Å².